The fourth-order valence-corrected chi connectivity index (χ4v) is 2.01. The summed E-state index contributed by atoms with van der Waals surface area (Å²) < 4.78 is 24.9. The summed E-state index contributed by atoms with van der Waals surface area (Å²) in [7, 11) is 0. The second kappa shape index (κ2) is 6.47. The molecule has 0 atom stereocenters. The van der Waals surface area contributed by atoms with Gasteiger partial charge < -0.3 is 20.1 Å². The van der Waals surface area contributed by atoms with Crippen LogP contribution in [0.4, 0.5) is 8.78 Å². The molecule has 20 heavy (non-hydrogen) atoms. The molecule has 0 fully saturated rings. The minimum atomic E-state index is -2.73. The highest BCUT2D eigenvalue weighted by atomic mass is 19.3. The van der Waals surface area contributed by atoms with E-state index in [1.807, 2.05) is 0 Å². The Balaban J connectivity index is 3.14. The molecule has 112 valence electrons. The number of aromatic nitrogens is 1. The van der Waals surface area contributed by atoms with Gasteiger partial charge in [0.2, 0.25) is 0 Å². The number of hydrogen-bond acceptors (Lipinski definition) is 3. The summed E-state index contributed by atoms with van der Waals surface area (Å²) >= 11 is 0. The molecular weight excluding hydrogens is 274 g/mol. The van der Waals surface area contributed by atoms with Crippen molar-refractivity contribution in [1.82, 2.24) is 9.88 Å². The van der Waals surface area contributed by atoms with Crippen LogP contribution in [0.15, 0.2) is 0 Å². The minimum Gasteiger partial charge on any atom is -0.477 e. The van der Waals surface area contributed by atoms with Crippen molar-refractivity contribution in [3.63, 3.8) is 0 Å². The third kappa shape index (κ3) is 3.32. The summed E-state index contributed by atoms with van der Waals surface area (Å²) in [5, 5.41) is 17.8. The van der Waals surface area contributed by atoms with E-state index in [4.69, 9.17) is 10.2 Å². The Hall–Kier alpha value is -1.96. The van der Waals surface area contributed by atoms with Gasteiger partial charge >= 0.3 is 5.97 Å². The second-order valence-electron chi connectivity index (χ2n) is 4.30. The Morgan fingerprint density at radius 2 is 1.95 bits per heavy atom. The first kappa shape index (κ1) is 16.1. The lowest BCUT2D eigenvalue weighted by molar-refractivity contribution is 0.0508. The van der Waals surface area contributed by atoms with Gasteiger partial charge in [-0.05, 0) is 19.4 Å². The van der Waals surface area contributed by atoms with Crippen molar-refractivity contribution in [2.75, 3.05) is 19.7 Å². The smallest absolute Gasteiger partial charge is 0.352 e. The zero-order valence-electron chi connectivity index (χ0n) is 11.1. The summed E-state index contributed by atoms with van der Waals surface area (Å²) in [4.78, 5) is 26.5. The van der Waals surface area contributed by atoms with Crippen LogP contribution in [-0.2, 0) is 0 Å². The number of nitrogens with one attached hydrogen (secondary N) is 1. The van der Waals surface area contributed by atoms with E-state index in [-0.39, 0.29) is 23.4 Å². The summed E-state index contributed by atoms with van der Waals surface area (Å²) in [5.41, 5.74) is 0.391. The first-order valence-corrected chi connectivity index (χ1v) is 5.90. The molecule has 0 radical (unpaired) electrons. The molecule has 1 heterocycles. The van der Waals surface area contributed by atoms with Crippen molar-refractivity contribution in [1.29, 1.82) is 0 Å². The van der Waals surface area contributed by atoms with Crippen LogP contribution in [0.5, 0.6) is 0 Å². The van der Waals surface area contributed by atoms with Gasteiger partial charge in [-0.15, -0.1) is 0 Å². The maximum absolute atomic E-state index is 12.4. The lowest BCUT2D eigenvalue weighted by Crippen LogP contribution is -2.37. The summed E-state index contributed by atoms with van der Waals surface area (Å²) in [6.45, 7) is 1.42. The SMILES string of the molecule is Cc1[nH]c(C(=O)O)c(C)c1C(=O)N(CCO)CC(F)F. The number of carboxylic acids is 1. The molecule has 0 aliphatic carbocycles. The van der Waals surface area contributed by atoms with Gasteiger partial charge in [0.1, 0.15) is 5.69 Å². The Morgan fingerprint density at radius 3 is 2.35 bits per heavy atom. The molecule has 3 N–H and O–H groups in total. The van der Waals surface area contributed by atoms with Crippen molar-refractivity contribution in [2.45, 2.75) is 20.3 Å². The molecule has 0 aliphatic rings. The van der Waals surface area contributed by atoms with Crippen LogP contribution in [0.1, 0.15) is 32.1 Å². The van der Waals surface area contributed by atoms with E-state index >= 15 is 0 Å². The quantitative estimate of drug-likeness (QED) is 0.729. The molecule has 0 unspecified atom stereocenters. The monoisotopic (exact) mass is 290 g/mol. The number of carboxylic acid groups (broad SMARTS) is 1. The van der Waals surface area contributed by atoms with Gasteiger partial charge in [-0.1, -0.05) is 0 Å². The molecule has 8 heteroatoms. The van der Waals surface area contributed by atoms with Gasteiger partial charge in [0.25, 0.3) is 12.3 Å². The number of aryl methyl sites for hydroxylation is 1. The molecule has 1 amide bonds. The number of hydrogen-bond donors (Lipinski definition) is 3. The van der Waals surface area contributed by atoms with E-state index in [9.17, 15) is 18.4 Å². The van der Waals surface area contributed by atoms with Crippen LogP contribution < -0.4 is 0 Å². The van der Waals surface area contributed by atoms with Crippen LogP contribution >= 0.6 is 0 Å². The van der Waals surface area contributed by atoms with Crippen LogP contribution in [0.25, 0.3) is 0 Å². The predicted molar refractivity (Wildman–Crippen MR) is 66.2 cm³/mol. The van der Waals surface area contributed by atoms with E-state index in [0.717, 1.165) is 4.90 Å². The molecule has 0 bridgehead atoms. The first-order chi connectivity index (χ1) is 9.29. The molecule has 1 aromatic rings. The number of H-pyrrole nitrogens is 1. The van der Waals surface area contributed by atoms with Gasteiger partial charge in [0.05, 0.1) is 18.7 Å². The van der Waals surface area contributed by atoms with Gasteiger partial charge in [0, 0.05) is 12.2 Å². The molecular formula is C12H16F2N2O4. The number of aliphatic hydroxyl groups is 1. The Morgan fingerprint density at radius 1 is 1.35 bits per heavy atom. The number of nitrogens with zero attached hydrogens (tertiary/aromatic N) is 1. The largest absolute Gasteiger partial charge is 0.477 e. The maximum atomic E-state index is 12.4. The van der Waals surface area contributed by atoms with Crippen molar-refractivity contribution < 1.29 is 28.6 Å². The number of rotatable bonds is 6. The average Bonchev–Trinajstić information content (AvgIpc) is 2.63. The molecule has 0 aliphatic heterocycles. The topological polar surface area (TPSA) is 93.6 Å². The third-order valence-electron chi connectivity index (χ3n) is 2.88. The summed E-state index contributed by atoms with van der Waals surface area (Å²) in [5.74, 6) is -1.95. The number of aromatic amines is 1. The molecule has 0 saturated carbocycles. The minimum absolute atomic E-state index is 0.0523. The van der Waals surface area contributed by atoms with Crippen LogP contribution in [-0.4, -0.2) is 58.1 Å². The van der Waals surface area contributed by atoms with Gasteiger partial charge in [-0.25, -0.2) is 13.6 Å². The van der Waals surface area contributed by atoms with E-state index < -0.39 is 31.5 Å². The number of alkyl halides is 2. The Bertz CT molecular complexity index is 514. The van der Waals surface area contributed by atoms with Crippen molar-refractivity contribution >= 4 is 11.9 Å². The predicted octanol–water partition coefficient (Wildman–Crippen LogP) is 1.03. The van der Waals surface area contributed by atoms with Gasteiger partial charge in [0.15, 0.2) is 0 Å². The number of halogens is 2. The van der Waals surface area contributed by atoms with E-state index in [1.165, 1.54) is 13.8 Å². The number of aromatic carboxylic acids is 1. The molecule has 0 saturated heterocycles. The number of aliphatic hydroxyl groups excluding tert-OH is 1. The fourth-order valence-electron chi connectivity index (χ4n) is 2.01. The molecule has 0 spiro atoms. The van der Waals surface area contributed by atoms with Gasteiger partial charge in [-0.3, -0.25) is 4.79 Å². The van der Waals surface area contributed by atoms with Crippen LogP contribution in [0, 0.1) is 13.8 Å². The van der Waals surface area contributed by atoms with Crippen molar-refractivity contribution in [2.24, 2.45) is 0 Å². The zero-order chi connectivity index (χ0) is 15.4. The summed E-state index contributed by atoms with van der Waals surface area (Å²) in [6.07, 6.45) is -2.73. The number of amides is 1. The van der Waals surface area contributed by atoms with Gasteiger partial charge in [-0.2, -0.15) is 0 Å². The lowest BCUT2D eigenvalue weighted by atomic mass is 10.1. The third-order valence-corrected chi connectivity index (χ3v) is 2.88. The average molecular weight is 290 g/mol. The van der Waals surface area contributed by atoms with Crippen molar-refractivity contribution in [3.05, 3.63) is 22.5 Å². The molecule has 6 nitrogen and oxygen atoms in total. The first-order valence-electron chi connectivity index (χ1n) is 5.90. The fraction of sp³-hybridized carbons (Fsp3) is 0.500. The lowest BCUT2D eigenvalue weighted by Gasteiger charge is -2.21. The van der Waals surface area contributed by atoms with E-state index in [2.05, 4.69) is 4.98 Å². The van der Waals surface area contributed by atoms with Crippen molar-refractivity contribution in [3.8, 4) is 0 Å². The molecule has 1 aromatic heterocycles. The Kier molecular flexibility index (Phi) is 5.20. The highest BCUT2D eigenvalue weighted by molar-refractivity contribution is 6.00. The number of carbonyl (C=O) groups is 2. The molecule has 0 aromatic carbocycles. The Labute approximate surface area is 114 Å². The van der Waals surface area contributed by atoms with Crippen LogP contribution in [0.2, 0.25) is 0 Å². The summed E-state index contributed by atoms with van der Waals surface area (Å²) in [6, 6.07) is 0. The van der Waals surface area contributed by atoms with E-state index in [1.54, 1.807) is 0 Å². The number of carbonyl (C=O) groups excluding carboxylic acids is 1. The zero-order valence-corrected chi connectivity index (χ0v) is 11.1. The normalized spacial score (nSPS) is 10.9. The maximum Gasteiger partial charge on any atom is 0.352 e. The van der Waals surface area contributed by atoms with E-state index in [0.29, 0.717) is 5.69 Å². The second-order valence-corrected chi connectivity index (χ2v) is 4.30. The standard InChI is InChI=1S/C12H16F2N2O4/c1-6-9(7(2)15-10(6)12(19)20)11(18)16(3-4-17)5-8(13)14/h8,15,17H,3-5H2,1-2H3,(H,19,20). The molecule has 1 rings (SSSR count). The highest BCUT2D eigenvalue weighted by Crippen LogP contribution is 2.20. The highest BCUT2D eigenvalue weighted by Gasteiger charge is 2.26. The van der Waals surface area contributed by atoms with Crippen LogP contribution in [0.3, 0.4) is 0 Å².